The average Bonchev–Trinajstić information content (AvgIpc) is 3.27. The number of esters is 2. The molecule has 1 heterocycles. The van der Waals surface area contributed by atoms with Crippen LogP contribution in [0.15, 0.2) is 48.6 Å². The summed E-state index contributed by atoms with van der Waals surface area (Å²) in [5.41, 5.74) is 0. The first-order valence-corrected chi connectivity index (χ1v) is 25.2. The zero-order chi connectivity index (χ0) is 45.1. The molecule has 360 valence electrons. The molecule has 0 aliphatic carbocycles. The SMILES string of the molecule is CCCCCCCCC/C=C/C/C=C/C/C=C/C/C=C/CCCC(=O)O[C@H](COC(=O)CCCCCCCCCCCCCCCCCC)CO[C@@H]1O[C@H](CO)[C@H](O)C(O)C1O. The zero-order valence-electron chi connectivity index (χ0n) is 39.4. The first-order chi connectivity index (χ1) is 30.3. The van der Waals surface area contributed by atoms with Crippen molar-refractivity contribution in [1.82, 2.24) is 0 Å². The molecule has 6 atom stereocenters. The molecule has 1 fully saturated rings. The molecule has 0 radical (unpaired) electrons. The second-order valence-electron chi connectivity index (χ2n) is 17.3. The molecular weight excluding hydrogens is 785 g/mol. The van der Waals surface area contributed by atoms with Crippen LogP contribution in [0.4, 0.5) is 0 Å². The fraction of sp³-hybridized carbons (Fsp3) is 0.808. The van der Waals surface area contributed by atoms with Crippen molar-refractivity contribution < 1.29 is 49.0 Å². The Bertz CT molecular complexity index is 1150. The quantitative estimate of drug-likeness (QED) is 0.0265. The number of hydrogen-bond acceptors (Lipinski definition) is 10. The van der Waals surface area contributed by atoms with Gasteiger partial charge in [0.15, 0.2) is 12.4 Å². The van der Waals surface area contributed by atoms with Gasteiger partial charge >= 0.3 is 11.9 Å². The van der Waals surface area contributed by atoms with Crippen LogP contribution in [0.1, 0.15) is 213 Å². The van der Waals surface area contributed by atoms with Crippen LogP contribution in [0.25, 0.3) is 0 Å². The summed E-state index contributed by atoms with van der Waals surface area (Å²) in [6.07, 6.45) is 44.1. The third-order valence-electron chi connectivity index (χ3n) is 11.5. The molecule has 0 spiro atoms. The Morgan fingerprint density at radius 3 is 1.40 bits per heavy atom. The fourth-order valence-corrected chi connectivity index (χ4v) is 7.48. The molecule has 0 aromatic heterocycles. The molecule has 1 aliphatic heterocycles. The van der Waals surface area contributed by atoms with E-state index in [9.17, 15) is 30.0 Å². The van der Waals surface area contributed by atoms with Gasteiger partial charge in [0.2, 0.25) is 0 Å². The summed E-state index contributed by atoms with van der Waals surface area (Å²) in [5, 5.41) is 40.2. The van der Waals surface area contributed by atoms with Gasteiger partial charge in [-0.25, -0.2) is 0 Å². The van der Waals surface area contributed by atoms with Crippen LogP contribution < -0.4 is 0 Å². The minimum atomic E-state index is -1.61. The normalized spacial score (nSPS) is 20.0. The van der Waals surface area contributed by atoms with Crippen LogP contribution in [0.2, 0.25) is 0 Å². The number of hydrogen-bond donors (Lipinski definition) is 4. The maximum absolute atomic E-state index is 12.8. The molecule has 0 aromatic carbocycles. The summed E-state index contributed by atoms with van der Waals surface area (Å²) in [4.78, 5) is 25.4. The molecule has 0 bridgehead atoms. The highest BCUT2D eigenvalue weighted by atomic mass is 16.7. The zero-order valence-corrected chi connectivity index (χ0v) is 39.4. The van der Waals surface area contributed by atoms with E-state index in [2.05, 4.69) is 56.4 Å². The number of aliphatic hydroxyl groups is 4. The molecular formula is C52H92O10. The lowest BCUT2D eigenvalue weighted by atomic mass is 9.99. The van der Waals surface area contributed by atoms with Gasteiger partial charge < -0.3 is 39.4 Å². The second kappa shape index (κ2) is 42.6. The van der Waals surface area contributed by atoms with E-state index in [1.54, 1.807) is 0 Å². The van der Waals surface area contributed by atoms with Gasteiger partial charge in [0, 0.05) is 12.8 Å². The molecule has 0 saturated carbocycles. The average molecular weight is 877 g/mol. The molecule has 62 heavy (non-hydrogen) atoms. The first kappa shape index (κ1) is 57.7. The number of unbranched alkanes of at least 4 members (excludes halogenated alkanes) is 23. The topological polar surface area (TPSA) is 152 Å². The van der Waals surface area contributed by atoms with Gasteiger partial charge in [0.25, 0.3) is 0 Å². The lowest BCUT2D eigenvalue weighted by Crippen LogP contribution is -2.59. The standard InChI is InChI=1S/C52H92O10/c1-3-5-7-9-11-13-15-17-19-21-22-23-24-25-27-29-31-33-35-37-39-41-48(55)61-45(44-60-52-51(58)50(57)49(56)46(42-53)62-52)43-59-47(54)40-38-36-34-32-30-28-26-20-18-16-14-12-10-8-6-4-2/h19,21,23-24,27,29,33,35,45-46,49-53,56-58H,3-18,20,22,25-26,28,30-32,34,36-44H2,1-2H3/b21-19+,24-23+,29-27+,35-33+/t45-,46-,49+,50?,51?,52-/m1/s1. The number of aliphatic hydroxyl groups excluding tert-OH is 4. The van der Waals surface area contributed by atoms with Crippen molar-refractivity contribution in [2.45, 2.75) is 250 Å². The van der Waals surface area contributed by atoms with E-state index >= 15 is 0 Å². The Morgan fingerprint density at radius 2 is 0.919 bits per heavy atom. The Labute approximate surface area is 378 Å². The lowest BCUT2D eigenvalue weighted by Gasteiger charge is -2.39. The van der Waals surface area contributed by atoms with Gasteiger partial charge in [0.05, 0.1) is 13.2 Å². The van der Waals surface area contributed by atoms with Crippen LogP contribution in [-0.2, 0) is 28.5 Å². The van der Waals surface area contributed by atoms with Gasteiger partial charge in [-0.15, -0.1) is 0 Å². The third kappa shape index (κ3) is 33.2. The van der Waals surface area contributed by atoms with Gasteiger partial charge in [-0.05, 0) is 51.4 Å². The minimum Gasteiger partial charge on any atom is -0.462 e. The summed E-state index contributed by atoms with van der Waals surface area (Å²) in [5.74, 6) is -0.866. The minimum absolute atomic E-state index is 0.155. The highest BCUT2D eigenvalue weighted by Gasteiger charge is 2.44. The van der Waals surface area contributed by atoms with Crippen LogP contribution in [0.3, 0.4) is 0 Å². The summed E-state index contributed by atoms with van der Waals surface area (Å²) >= 11 is 0. The van der Waals surface area contributed by atoms with E-state index in [4.69, 9.17) is 18.9 Å². The van der Waals surface area contributed by atoms with E-state index < -0.39 is 49.4 Å². The largest absolute Gasteiger partial charge is 0.462 e. The molecule has 2 unspecified atom stereocenters. The third-order valence-corrected chi connectivity index (χ3v) is 11.5. The first-order valence-electron chi connectivity index (χ1n) is 25.2. The summed E-state index contributed by atoms with van der Waals surface area (Å²) < 4.78 is 22.2. The predicted molar refractivity (Wildman–Crippen MR) is 252 cm³/mol. The van der Waals surface area contributed by atoms with Crippen molar-refractivity contribution in [1.29, 1.82) is 0 Å². The maximum atomic E-state index is 12.8. The molecule has 0 aromatic rings. The molecule has 10 nitrogen and oxygen atoms in total. The highest BCUT2D eigenvalue weighted by Crippen LogP contribution is 2.23. The van der Waals surface area contributed by atoms with Gasteiger partial charge in [-0.2, -0.15) is 0 Å². The van der Waals surface area contributed by atoms with Crippen LogP contribution >= 0.6 is 0 Å². The number of allylic oxidation sites excluding steroid dienone is 8. The van der Waals surface area contributed by atoms with Crippen molar-refractivity contribution in [3.05, 3.63) is 48.6 Å². The van der Waals surface area contributed by atoms with Crippen molar-refractivity contribution >= 4 is 11.9 Å². The lowest BCUT2D eigenvalue weighted by molar-refractivity contribution is -0.305. The Balaban J connectivity index is 2.32. The molecule has 10 heteroatoms. The van der Waals surface area contributed by atoms with Gasteiger partial charge in [-0.3, -0.25) is 9.59 Å². The predicted octanol–water partition coefficient (Wildman–Crippen LogP) is 11.6. The van der Waals surface area contributed by atoms with E-state index in [0.29, 0.717) is 12.8 Å². The van der Waals surface area contributed by atoms with Crippen LogP contribution in [0, 0.1) is 0 Å². The van der Waals surface area contributed by atoms with Crippen LogP contribution in [0.5, 0.6) is 0 Å². The van der Waals surface area contributed by atoms with E-state index in [0.717, 1.165) is 38.5 Å². The molecule has 0 amide bonds. The fourth-order valence-electron chi connectivity index (χ4n) is 7.48. The Morgan fingerprint density at radius 1 is 0.500 bits per heavy atom. The smallest absolute Gasteiger partial charge is 0.306 e. The molecule has 4 N–H and O–H groups in total. The maximum Gasteiger partial charge on any atom is 0.306 e. The number of carbonyl (C=O) groups excluding carboxylic acids is 2. The van der Waals surface area contributed by atoms with Gasteiger partial charge in [-0.1, -0.05) is 197 Å². The second-order valence-corrected chi connectivity index (χ2v) is 17.3. The molecule has 1 saturated heterocycles. The van der Waals surface area contributed by atoms with Crippen molar-refractivity contribution in [2.75, 3.05) is 19.8 Å². The van der Waals surface area contributed by atoms with E-state index in [1.165, 1.54) is 135 Å². The molecule has 1 aliphatic rings. The van der Waals surface area contributed by atoms with Crippen LogP contribution in [-0.4, -0.2) is 89.0 Å². The highest BCUT2D eigenvalue weighted by molar-refractivity contribution is 5.70. The van der Waals surface area contributed by atoms with Crippen molar-refractivity contribution in [3.8, 4) is 0 Å². The summed E-state index contributed by atoms with van der Waals surface area (Å²) in [6.45, 7) is 3.39. The summed E-state index contributed by atoms with van der Waals surface area (Å²) in [7, 11) is 0. The molecule has 1 rings (SSSR count). The van der Waals surface area contributed by atoms with Crippen molar-refractivity contribution in [3.63, 3.8) is 0 Å². The van der Waals surface area contributed by atoms with E-state index in [1.807, 2.05) is 6.08 Å². The van der Waals surface area contributed by atoms with Crippen molar-refractivity contribution in [2.24, 2.45) is 0 Å². The number of carbonyl (C=O) groups is 2. The van der Waals surface area contributed by atoms with Gasteiger partial charge in [0.1, 0.15) is 31.0 Å². The Kier molecular flexibility index (Phi) is 39.6. The summed E-state index contributed by atoms with van der Waals surface area (Å²) in [6, 6.07) is 0. The number of ether oxygens (including phenoxy) is 4. The Hall–Kier alpha value is -2.34. The number of rotatable bonds is 42. The monoisotopic (exact) mass is 877 g/mol. The van der Waals surface area contributed by atoms with E-state index in [-0.39, 0.29) is 32.0 Å².